The quantitative estimate of drug-likeness (QED) is 0.820. The second-order valence-electron chi connectivity index (χ2n) is 5.59. The van der Waals surface area contributed by atoms with E-state index in [1.54, 1.807) is 6.07 Å². The van der Waals surface area contributed by atoms with Crippen molar-refractivity contribution in [3.05, 3.63) is 34.1 Å². The van der Waals surface area contributed by atoms with E-state index in [0.29, 0.717) is 12.0 Å². The van der Waals surface area contributed by atoms with E-state index >= 15 is 0 Å². The van der Waals surface area contributed by atoms with Gasteiger partial charge in [-0.25, -0.2) is 4.39 Å². The number of halogens is 4. The minimum Gasteiger partial charge on any atom is -0.314 e. The maximum absolute atomic E-state index is 13.6. The van der Waals surface area contributed by atoms with Gasteiger partial charge in [0.1, 0.15) is 5.82 Å². The van der Waals surface area contributed by atoms with Crippen LogP contribution in [-0.4, -0.2) is 31.1 Å². The predicted molar refractivity (Wildman–Crippen MR) is 93.1 cm³/mol. The van der Waals surface area contributed by atoms with E-state index in [-0.39, 0.29) is 30.6 Å². The van der Waals surface area contributed by atoms with Crippen LogP contribution in [-0.2, 0) is 0 Å². The van der Waals surface area contributed by atoms with Gasteiger partial charge >= 0.3 is 0 Å². The molecule has 21 heavy (non-hydrogen) atoms. The number of nitrogens with zero attached hydrogens (tertiary/aromatic N) is 1. The van der Waals surface area contributed by atoms with Gasteiger partial charge in [-0.3, -0.25) is 4.90 Å². The van der Waals surface area contributed by atoms with Gasteiger partial charge in [0.25, 0.3) is 0 Å². The number of piperazine rings is 1. The smallest absolute Gasteiger partial charge is 0.123 e. The van der Waals surface area contributed by atoms with Crippen molar-refractivity contribution in [2.75, 3.05) is 26.2 Å². The summed E-state index contributed by atoms with van der Waals surface area (Å²) in [5.74, 6) is 0.564. The SMILES string of the molecule is Cl.Cl.Fc1ccc(Br)c([C@H](C2CCC2)N2CCNCC2)c1. The first-order valence-electron chi connectivity index (χ1n) is 7.15. The normalized spacial score (nSPS) is 20.9. The van der Waals surface area contributed by atoms with E-state index in [2.05, 4.69) is 26.1 Å². The number of hydrogen-bond donors (Lipinski definition) is 1. The van der Waals surface area contributed by atoms with Gasteiger partial charge in [-0.1, -0.05) is 22.4 Å². The summed E-state index contributed by atoms with van der Waals surface area (Å²) in [5, 5.41) is 3.39. The van der Waals surface area contributed by atoms with Crippen molar-refractivity contribution in [1.29, 1.82) is 0 Å². The van der Waals surface area contributed by atoms with E-state index < -0.39 is 0 Å². The monoisotopic (exact) mass is 398 g/mol. The first-order chi connectivity index (χ1) is 9.25. The van der Waals surface area contributed by atoms with Gasteiger partial charge in [-0.15, -0.1) is 24.8 Å². The van der Waals surface area contributed by atoms with Gasteiger partial charge in [0.2, 0.25) is 0 Å². The zero-order valence-corrected chi connectivity index (χ0v) is 15.1. The Morgan fingerprint density at radius 1 is 1.19 bits per heavy atom. The summed E-state index contributed by atoms with van der Waals surface area (Å²) in [6, 6.07) is 5.47. The highest BCUT2D eigenvalue weighted by molar-refractivity contribution is 9.10. The van der Waals surface area contributed by atoms with Crippen LogP contribution in [0.4, 0.5) is 4.39 Å². The van der Waals surface area contributed by atoms with E-state index in [1.807, 2.05) is 6.07 Å². The lowest BCUT2D eigenvalue weighted by Gasteiger charge is -2.43. The molecule has 1 N–H and O–H groups in total. The lowest BCUT2D eigenvalue weighted by Crippen LogP contribution is -2.48. The van der Waals surface area contributed by atoms with E-state index in [9.17, 15) is 4.39 Å². The van der Waals surface area contributed by atoms with Crippen LogP contribution in [0.1, 0.15) is 30.9 Å². The van der Waals surface area contributed by atoms with E-state index in [4.69, 9.17) is 0 Å². The molecule has 1 atom stereocenters. The molecule has 1 saturated carbocycles. The van der Waals surface area contributed by atoms with Crippen molar-refractivity contribution in [2.24, 2.45) is 5.92 Å². The highest BCUT2D eigenvalue weighted by Crippen LogP contribution is 2.43. The highest BCUT2D eigenvalue weighted by Gasteiger charge is 2.34. The van der Waals surface area contributed by atoms with Crippen LogP contribution in [0.25, 0.3) is 0 Å². The lowest BCUT2D eigenvalue weighted by molar-refractivity contribution is 0.0830. The van der Waals surface area contributed by atoms with Gasteiger partial charge < -0.3 is 5.32 Å². The molecule has 3 rings (SSSR count). The molecule has 1 aliphatic carbocycles. The molecule has 6 heteroatoms. The molecule has 0 radical (unpaired) electrons. The summed E-state index contributed by atoms with van der Waals surface area (Å²) >= 11 is 3.61. The average molecular weight is 400 g/mol. The number of benzene rings is 1. The molecule has 0 aromatic heterocycles. The fourth-order valence-electron chi connectivity index (χ4n) is 3.21. The van der Waals surface area contributed by atoms with Crippen molar-refractivity contribution < 1.29 is 4.39 Å². The summed E-state index contributed by atoms with van der Waals surface area (Å²) in [4.78, 5) is 2.53. The molecule has 120 valence electrons. The highest BCUT2D eigenvalue weighted by atomic mass is 79.9. The van der Waals surface area contributed by atoms with Crippen molar-refractivity contribution >= 4 is 40.7 Å². The number of nitrogens with one attached hydrogen (secondary N) is 1. The molecule has 0 bridgehead atoms. The maximum Gasteiger partial charge on any atom is 0.123 e. The minimum atomic E-state index is -0.127. The predicted octanol–water partition coefficient (Wildman–Crippen LogP) is 4.18. The van der Waals surface area contributed by atoms with Crippen molar-refractivity contribution in [3.63, 3.8) is 0 Å². The van der Waals surface area contributed by atoms with Gasteiger partial charge in [0.05, 0.1) is 0 Å². The van der Waals surface area contributed by atoms with Crippen LogP contribution >= 0.6 is 40.7 Å². The second-order valence-corrected chi connectivity index (χ2v) is 6.44. The Bertz CT molecular complexity index is 451. The zero-order valence-electron chi connectivity index (χ0n) is 11.9. The van der Waals surface area contributed by atoms with Crippen LogP contribution in [0.15, 0.2) is 22.7 Å². The van der Waals surface area contributed by atoms with Crippen molar-refractivity contribution in [2.45, 2.75) is 25.3 Å². The molecule has 1 heterocycles. The molecule has 0 spiro atoms. The Kier molecular flexibility index (Phi) is 7.93. The molecule has 2 nitrogen and oxygen atoms in total. The molecular formula is C15H22BrCl2FN2. The molecule has 1 saturated heterocycles. The van der Waals surface area contributed by atoms with Crippen LogP contribution in [0.2, 0.25) is 0 Å². The Labute approximate surface area is 146 Å². The third-order valence-electron chi connectivity index (χ3n) is 4.42. The maximum atomic E-state index is 13.6. The third-order valence-corrected chi connectivity index (χ3v) is 5.14. The fourth-order valence-corrected chi connectivity index (χ4v) is 3.69. The summed E-state index contributed by atoms with van der Waals surface area (Å²) in [6.07, 6.45) is 3.87. The Hall–Kier alpha value is 0.130. The molecule has 2 aliphatic rings. The van der Waals surface area contributed by atoms with Gasteiger partial charge in [0.15, 0.2) is 0 Å². The largest absolute Gasteiger partial charge is 0.314 e. The molecule has 1 aromatic rings. The van der Waals surface area contributed by atoms with Crippen molar-refractivity contribution in [3.8, 4) is 0 Å². The summed E-state index contributed by atoms with van der Waals surface area (Å²) in [7, 11) is 0. The Balaban J connectivity index is 0.00000110. The summed E-state index contributed by atoms with van der Waals surface area (Å²) in [6.45, 7) is 4.19. The summed E-state index contributed by atoms with van der Waals surface area (Å²) < 4.78 is 14.7. The molecular weight excluding hydrogens is 378 g/mol. The zero-order chi connectivity index (χ0) is 13.2. The van der Waals surface area contributed by atoms with Crippen LogP contribution in [0.5, 0.6) is 0 Å². The first kappa shape index (κ1) is 19.2. The first-order valence-corrected chi connectivity index (χ1v) is 7.95. The van der Waals surface area contributed by atoms with Gasteiger partial charge in [0, 0.05) is 36.7 Å². The number of hydrogen-bond acceptors (Lipinski definition) is 2. The number of rotatable bonds is 3. The molecule has 0 amide bonds. The molecule has 1 aromatic carbocycles. The topological polar surface area (TPSA) is 15.3 Å². The van der Waals surface area contributed by atoms with Gasteiger partial charge in [-0.05, 0) is 42.5 Å². The molecule has 0 unspecified atom stereocenters. The van der Waals surface area contributed by atoms with Crippen LogP contribution in [0, 0.1) is 11.7 Å². The third kappa shape index (κ3) is 4.32. The molecule has 1 aliphatic heterocycles. The van der Waals surface area contributed by atoms with E-state index in [0.717, 1.165) is 36.2 Å². The lowest BCUT2D eigenvalue weighted by atomic mass is 9.76. The van der Waals surface area contributed by atoms with Crippen LogP contribution in [0.3, 0.4) is 0 Å². The van der Waals surface area contributed by atoms with E-state index in [1.165, 1.54) is 25.3 Å². The van der Waals surface area contributed by atoms with Crippen LogP contribution < -0.4 is 5.32 Å². The second kappa shape index (κ2) is 8.68. The van der Waals surface area contributed by atoms with Gasteiger partial charge in [-0.2, -0.15) is 0 Å². The Morgan fingerprint density at radius 3 is 2.43 bits per heavy atom. The standard InChI is InChI=1S/C15H20BrFN2.2ClH/c16-14-5-4-12(17)10-13(14)15(11-2-1-3-11)19-8-6-18-7-9-19;;/h4-5,10-11,15,18H,1-3,6-9H2;2*1H/t15-;;/m0../s1. The minimum absolute atomic E-state index is 0. The average Bonchev–Trinajstić information content (AvgIpc) is 2.38. The van der Waals surface area contributed by atoms with Crippen molar-refractivity contribution in [1.82, 2.24) is 10.2 Å². The molecule has 2 fully saturated rings. The Morgan fingerprint density at radius 2 is 1.86 bits per heavy atom. The fraction of sp³-hybridized carbons (Fsp3) is 0.600. The summed E-state index contributed by atoms with van der Waals surface area (Å²) in [5.41, 5.74) is 1.13.